The van der Waals surface area contributed by atoms with Crippen LogP contribution in [-0.4, -0.2) is 19.9 Å². The summed E-state index contributed by atoms with van der Waals surface area (Å²) in [5.41, 5.74) is 1.29. The van der Waals surface area contributed by atoms with Crippen LogP contribution < -0.4 is 10.3 Å². The Morgan fingerprint density at radius 2 is 1.31 bits per heavy atom. The Bertz CT molecular complexity index is 326. The van der Waals surface area contributed by atoms with Crippen LogP contribution in [0.5, 0.6) is 0 Å². The van der Waals surface area contributed by atoms with Crippen LogP contribution in [-0.2, 0) is 4.79 Å². The molecule has 1 heterocycles. The number of aromatic nitrogens is 1. The Morgan fingerprint density at radius 1 is 0.885 bits per heavy atom. The zero-order valence-corrected chi connectivity index (χ0v) is 18.6. The number of aldehydes is 1. The molecule has 0 aliphatic rings. The molecular weight excluding hydrogens is 320 g/mol. The number of aryl methyl sites for hydroxylation is 1. The molecule has 1 aromatic heterocycles. The molecule has 0 aromatic carbocycles. The summed E-state index contributed by atoms with van der Waals surface area (Å²) in [6.07, 6.45) is 17.6. The first-order valence-corrected chi connectivity index (χ1v) is 10.7. The zero-order chi connectivity index (χ0) is 20.3. The third-order valence-electron chi connectivity index (χ3n) is 3.66. The average Bonchev–Trinajstić information content (AvgIpc) is 2.69. The molecule has 26 heavy (non-hydrogen) atoms. The summed E-state index contributed by atoms with van der Waals surface area (Å²) in [7, 11) is 1.93. The molecule has 2 N–H and O–H groups in total. The molecule has 3 heteroatoms. The highest BCUT2D eigenvalue weighted by Gasteiger charge is 1.91. The Hall–Kier alpha value is -1.22. The van der Waals surface area contributed by atoms with Crippen molar-refractivity contribution in [2.75, 3.05) is 13.6 Å². The minimum Gasteiger partial charge on any atom is -0.320 e. The summed E-state index contributed by atoms with van der Waals surface area (Å²) in [5.74, 6) is 0. The Labute approximate surface area is 164 Å². The van der Waals surface area contributed by atoms with Crippen LogP contribution in [0.15, 0.2) is 24.5 Å². The molecule has 0 aliphatic carbocycles. The molecule has 0 saturated carbocycles. The number of rotatable bonds is 11. The zero-order valence-electron chi connectivity index (χ0n) is 18.6. The van der Waals surface area contributed by atoms with Gasteiger partial charge in [-0.3, -0.25) is 0 Å². The fraction of sp³-hybridized carbons (Fsp3) is 0.739. The van der Waals surface area contributed by atoms with Crippen LogP contribution >= 0.6 is 0 Å². The summed E-state index contributed by atoms with van der Waals surface area (Å²) < 4.78 is 0. The van der Waals surface area contributed by atoms with Crippen molar-refractivity contribution in [2.45, 2.75) is 98.8 Å². The van der Waals surface area contributed by atoms with Crippen LogP contribution in [0.25, 0.3) is 0 Å². The normalized spacial score (nSPS) is 8.85. The highest BCUT2D eigenvalue weighted by atomic mass is 16.1. The van der Waals surface area contributed by atoms with E-state index in [0.29, 0.717) is 0 Å². The number of pyridine rings is 1. The van der Waals surface area contributed by atoms with E-state index in [2.05, 4.69) is 31.1 Å². The van der Waals surface area contributed by atoms with E-state index in [1.807, 2.05) is 45.4 Å². The maximum atomic E-state index is 10.0. The van der Waals surface area contributed by atoms with Gasteiger partial charge in [0, 0.05) is 18.6 Å². The molecule has 3 nitrogen and oxygen atoms in total. The van der Waals surface area contributed by atoms with Crippen LogP contribution in [0, 0.1) is 6.92 Å². The van der Waals surface area contributed by atoms with Gasteiger partial charge in [0.15, 0.2) is 12.4 Å². The van der Waals surface area contributed by atoms with Gasteiger partial charge in [0.1, 0.15) is 6.29 Å². The van der Waals surface area contributed by atoms with E-state index in [9.17, 15) is 4.79 Å². The number of nitrogens with one attached hydrogen (secondary N) is 2. The van der Waals surface area contributed by atoms with Gasteiger partial charge >= 0.3 is 0 Å². The van der Waals surface area contributed by atoms with Gasteiger partial charge in [-0.25, -0.2) is 4.98 Å². The molecule has 0 fully saturated rings. The number of H-pyrrole nitrogens is 1. The summed E-state index contributed by atoms with van der Waals surface area (Å²) in [6.45, 7) is 11.5. The van der Waals surface area contributed by atoms with Gasteiger partial charge in [-0.1, -0.05) is 79.1 Å². The summed E-state index contributed by atoms with van der Waals surface area (Å²) in [6, 6.07) is 4.06. The number of carbonyl (C=O) groups is 1. The van der Waals surface area contributed by atoms with Crippen molar-refractivity contribution in [2.24, 2.45) is 0 Å². The van der Waals surface area contributed by atoms with Gasteiger partial charge in [-0.2, -0.15) is 0 Å². The second kappa shape index (κ2) is 31.5. The van der Waals surface area contributed by atoms with Gasteiger partial charge in [0.05, 0.1) is 0 Å². The summed E-state index contributed by atoms with van der Waals surface area (Å²) in [4.78, 5) is 12.9. The second-order valence-electron chi connectivity index (χ2n) is 6.07. The lowest BCUT2D eigenvalue weighted by molar-refractivity contribution is -0.378. The van der Waals surface area contributed by atoms with E-state index in [1.54, 1.807) is 0 Å². The monoisotopic (exact) mass is 367 g/mol. The van der Waals surface area contributed by atoms with Crippen LogP contribution in [0.3, 0.4) is 0 Å². The largest absolute Gasteiger partial charge is 0.320 e. The van der Waals surface area contributed by atoms with E-state index >= 15 is 0 Å². The molecule has 0 spiro atoms. The predicted molar refractivity (Wildman–Crippen MR) is 117 cm³/mol. The van der Waals surface area contributed by atoms with Crippen molar-refractivity contribution in [1.29, 1.82) is 0 Å². The summed E-state index contributed by atoms with van der Waals surface area (Å²) >= 11 is 0. The lowest BCUT2D eigenvalue weighted by atomic mass is 10.1. The fourth-order valence-corrected chi connectivity index (χ4v) is 2.01. The number of hydrogen-bond donors (Lipinski definition) is 1. The topological polar surface area (TPSA) is 43.2 Å². The molecule has 0 saturated heterocycles. The Morgan fingerprint density at radius 3 is 1.62 bits per heavy atom. The van der Waals surface area contributed by atoms with Crippen molar-refractivity contribution in [3.05, 3.63) is 30.1 Å². The van der Waals surface area contributed by atoms with E-state index < -0.39 is 0 Å². The quantitative estimate of drug-likeness (QED) is 0.375. The van der Waals surface area contributed by atoms with Crippen molar-refractivity contribution in [1.82, 2.24) is 5.32 Å². The molecule has 154 valence electrons. The van der Waals surface area contributed by atoms with E-state index in [0.717, 1.165) is 25.7 Å². The molecule has 1 aromatic rings. The van der Waals surface area contributed by atoms with Gasteiger partial charge in [0.25, 0.3) is 0 Å². The second-order valence-corrected chi connectivity index (χ2v) is 6.07. The highest BCUT2D eigenvalue weighted by molar-refractivity contribution is 5.48. The first kappa shape index (κ1) is 29.5. The van der Waals surface area contributed by atoms with Gasteiger partial charge in [0.2, 0.25) is 0 Å². The molecular formula is C23H47N2O+. The first-order valence-electron chi connectivity index (χ1n) is 10.7. The van der Waals surface area contributed by atoms with Crippen LogP contribution in [0.1, 0.15) is 97.5 Å². The number of aromatic amines is 1. The van der Waals surface area contributed by atoms with Crippen molar-refractivity contribution < 1.29 is 9.78 Å². The average molecular weight is 368 g/mol. The van der Waals surface area contributed by atoms with Gasteiger partial charge < -0.3 is 10.1 Å². The van der Waals surface area contributed by atoms with Gasteiger partial charge in [-0.05, 0) is 32.5 Å². The minimum atomic E-state index is 0.760. The maximum absolute atomic E-state index is 10.0. The van der Waals surface area contributed by atoms with Crippen LogP contribution in [0.4, 0.5) is 0 Å². The smallest absolute Gasteiger partial charge is 0.167 e. The van der Waals surface area contributed by atoms with Crippen molar-refractivity contribution in [3.63, 3.8) is 0 Å². The third-order valence-corrected chi connectivity index (χ3v) is 3.66. The molecule has 0 atom stereocenters. The number of carbonyl (C=O) groups excluding carboxylic acids is 1. The fourth-order valence-electron chi connectivity index (χ4n) is 2.01. The highest BCUT2D eigenvalue weighted by Crippen LogP contribution is 2.09. The van der Waals surface area contributed by atoms with Crippen LogP contribution in [0.2, 0.25) is 0 Å². The lowest BCUT2D eigenvalue weighted by Gasteiger charge is -1.99. The minimum absolute atomic E-state index is 0.760. The molecule has 0 aliphatic heterocycles. The standard InChI is InChI=1S/C12H24O.C6H7N.C3H9N.C2H6/c1-2-3-4-5-6-7-8-9-10-11-12-13;1-6-2-4-7-5-3-6;1-3-4-2;1-2/h12H,2-11H2,1H3;2-5H,1H3;4H,3H2,1-2H3;1-2H3/p+1. The lowest BCUT2D eigenvalue weighted by Crippen LogP contribution is -2.01. The summed E-state index contributed by atoms with van der Waals surface area (Å²) in [5, 5.41) is 2.93. The molecule has 0 bridgehead atoms. The Balaban J connectivity index is -0.000000338. The van der Waals surface area contributed by atoms with E-state index in [1.165, 1.54) is 56.9 Å². The third kappa shape index (κ3) is 34.2. The molecule has 0 radical (unpaired) electrons. The van der Waals surface area contributed by atoms with Crippen molar-refractivity contribution in [3.8, 4) is 0 Å². The SMILES string of the molecule is CC.CCCCCCCCCCCC=O.CCNC.Cc1cc[nH+]cc1. The number of hydrogen-bond acceptors (Lipinski definition) is 2. The van der Waals surface area contributed by atoms with Gasteiger partial charge in [-0.15, -0.1) is 0 Å². The van der Waals surface area contributed by atoms with E-state index in [-0.39, 0.29) is 0 Å². The maximum Gasteiger partial charge on any atom is 0.167 e. The van der Waals surface area contributed by atoms with E-state index in [4.69, 9.17) is 0 Å². The Kier molecular flexibility index (Phi) is 35.8. The molecule has 1 rings (SSSR count). The number of unbranched alkanes of at least 4 members (excludes halogenated alkanes) is 9. The first-order chi connectivity index (χ1) is 12.7. The molecule has 0 unspecified atom stereocenters. The predicted octanol–water partition coefficient (Wildman–Crippen LogP) is 6.17. The molecule has 0 amide bonds. The van der Waals surface area contributed by atoms with Crippen molar-refractivity contribution >= 4 is 6.29 Å².